The molecule has 0 atom stereocenters. The number of halogens is 1. The number of nitrogens with zero attached hydrogens (tertiary/aromatic N) is 2. The molecule has 5 nitrogen and oxygen atoms in total. The number of hydrogen-bond acceptors (Lipinski definition) is 4. The van der Waals surface area contributed by atoms with E-state index in [1.807, 2.05) is 7.05 Å². The van der Waals surface area contributed by atoms with Crippen LogP contribution in [0.15, 0.2) is 18.2 Å². The van der Waals surface area contributed by atoms with Crippen molar-refractivity contribution in [3.05, 3.63) is 34.1 Å². The summed E-state index contributed by atoms with van der Waals surface area (Å²) in [5.74, 6) is -0.585. The summed E-state index contributed by atoms with van der Waals surface area (Å²) in [6.45, 7) is 1.83. The van der Waals surface area contributed by atoms with Crippen molar-refractivity contribution in [3.8, 4) is 5.75 Å². The molecule has 1 fully saturated rings. The molecule has 0 unspecified atom stereocenters. The average Bonchev–Trinajstić information content (AvgIpc) is 2.34. The average molecular weight is 254 g/mol. The Morgan fingerprint density at radius 2 is 2.11 bits per heavy atom. The van der Waals surface area contributed by atoms with Gasteiger partial charge in [-0.3, -0.25) is 10.1 Å². The first-order valence-corrected chi connectivity index (χ1v) is 5.85. The molecule has 1 aromatic rings. The van der Waals surface area contributed by atoms with Crippen LogP contribution in [0.25, 0.3) is 0 Å². The van der Waals surface area contributed by atoms with E-state index < -0.39 is 10.7 Å². The van der Waals surface area contributed by atoms with Crippen molar-refractivity contribution < 1.29 is 14.1 Å². The summed E-state index contributed by atoms with van der Waals surface area (Å²) in [6, 6.07) is 3.48. The van der Waals surface area contributed by atoms with E-state index in [2.05, 4.69) is 4.90 Å². The van der Waals surface area contributed by atoms with Gasteiger partial charge in [0.1, 0.15) is 6.10 Å². The van der Waals surface area contributed by atoms with Gasteiger partial charge in [-0.2, -0.15) is 0 Å². The zero-order chi connectivity index (χ0) is 13.1. The molecule has 98 valence electrons. The molecule has 0 spiro atoms. The first kappa shape index (κ1) is 12.8. The lowest BCUT2D eigenvalue weighted by Crippen LogP contribution is -2.35. The van der Waals surface area contributed by atoms with Crippen LogP contribution in [0.1, 0.15) is 12.8 Å². The van der Waals surface area contributed by atoms with E-state index in [4.69, 9.17) is 4.74 Å². The van der Waals surface area contributed by atoms with E-state index in [0.29, 0.717) is 0 Å². The summed E-state index contributed by atoms with van der Waals surface area (Å²) in [4.78, 5) is 12.0. The van der Waals surface area contributed by atoms with E-state index in [9.17, 15) is 14.5 Å². The Hall–Kier alpha value is -1.69. The Bertz CT molecular complexity index is 445. The second kappa shape index (κ2) is 5.30. The van der Waals surface area contributed by atoms with Gasteiger partial charge in [0, 0.05) is 19.2 Å². The van der Waals surface area contributed by atoms with Gasteiger partial charge in [-0.25, -0.2) is 4.39 Å². The molecule has 2 rings (SSSR count). The van der Waals surface area contributed by atoms with Crippen LogP contribution in [0.3, 0.4) is 0 Å². The number of benzene rings is 1. The minimum Gasteiger partial charge on any atom is -0.487 e. The number of nitro groups is 1. The Kier molecular flexibility index (Phi) is 3.76. The molecule has 0 bridgehead atoms. The van der Waals surface area contributed by atoms with Crippen molar-refractivity contribution in [1.82, 2.24) is 4.90 Å². The number of non-ortho nitro benzene ring substituents is 1. The molecule has 18 heavy (non-hydrogen) atoms. The van der Waals surface area contributed by atoms with Crippen LogP contribution >= 0.6 is 0 Å². The minimum absolute atomic E-state index is 0.0165. The second-order valence-electron chi connectivity index (χ2n) is 4.49. The van der Waals surface area contributed by atoms with Gasteiger partial charge < -0.3 is 9.64 Å². The van der Waals surface area contributed by atoms with Crippen LogP contribution in [0.4, 0.5) is 10.1 Å². The highest BCUT2D eigenvalue weighted by molar-refractivity contribution is 5.37. The number of hydrogen-bond donors (Lipinski definition) is 0. The Labute approximate surface area is 104 Å². The van der Waals surface area contributed by atoms with Gasteiger partial charge in [-0.1, -0.05) is 0 Å². The van der Waals surface area contributed by atoms with Crippen LogP contribution in [0.5, 0.6) is 5.75 Å². The molecule has 1 aliphatic heterocycles. The molecule has 0 aliphatic carbocycles. The number of nitro benzene ring substituents is 1. The Morgan fingerprint density at radius 1 is 1.44 bits per heavy atom. The van der Waals surface area contributed by atoms with Crippen molar-refractivity contribution in [2.24, 2.45) is 0 Å². The summed E-state index contributed by atoms with van der Waals surface area (Å²) in [7, 11) is 2.03. The van der Waals surface area contributed by atoms with E-state index >= 15 is 0 Å². The summed E-state index contributed by atoms with van der Waals surface area (Å²) in [5, 5.41) is 10.5. The molecule has 1 saturated heterocycles. The Balaban J connectivity index is 2.03. The molecule has 0 radical (unpaired) electrons. The lowest BCUT2D eigenvalue weighted by atomic mass is 10.1. The smallest absolute Gasteiger partial charge is 0.272 e. The first-order valence-electron chi connectivity index (χ1n) is 5.85. The van der Waals surface area contributed by atoms with Crippen LogP contribution in [0, 0.1) is 15.9 Å². The summed E-state index contributed by atoms with van der Waals surface area (Å²) in [6.07, 6.45) is 1.66. The highest BCUT2D eigenvalue weighted by atomic mass is 19.1. The first-order chi connectivity index (χ1) is 8.56. The van der Waals surface area contributed by atoms with Crippen LogP contribution in [-0.2, 0) is 0 Å². The third-order valence-corrected chi connectivity index (χ3v) is 3.09. The molecule has 6 heteroatoms. The zero-order valence-electron chi connectivity index (χ0n) is 10.1. The lowest BCUT2D eigenvalue weighted by Gasteiger charge is -2.29. The second-order valence-corrected chi connectivity index (χ2v) is 4.49. The third kappa shape index (κ3) is 2.95. The highest BCUT2D eigenvalue weighted by Crippen LogP contribution is 2.25. The molecule has 0 aromatic heterocycles. The van der Waals surface area contributed by atoms with Gasteiger partial charge in [0.05, 0.1) is 11.0 Å². The normalized spacial score (nSPS) is 17.7. The fourth-order valence-electron chi connectivity index (χ4n) is 1.98. The minimum atomic E-state index is -0.678. The topological polar surface area (TPSA) is 55.6 Å². The van der Waals surface area contributed by atoms with Gasteiger partial charge in [0.25, 0.3) is 5.69 Å². The summed E-state index contributed by atoms with van der Waals surface area (Å²) in [5.41, 5.74) is -0.261. The van der Waals surface area contributed by atoms with E-state index in [1.165, 1.54) is 12.1 Å². The van der Waals surface area contributed by atoms with E-state index in [1.54, 1.807) is 0 Å². The quantitative estimate of drug-likeness (QED) is 0.613. The van der Waals surface area contributed by atoms with Crippen LogP contribution in [0.2, 0.25) is 0 Å². The summed E-state index contributed by atoms with van der Waals surface area (Å²) >= 11 is 0. The number of likely N-dealkylation sites (tertiary alicyclic amines) is 1. The summed E-state index contributed by atoms with van der Waals surface area (Å²) < 4.78 is 19.1. The SMILES string of the molecule is CN1CCC(Oc2ccc([N+](=O)[O-])cc2F)CC1. The zero-order valence-corrected chi connectivity index (χ0v) is 10.1. The van der Waals surface area contributed by atoms with Gasteiger partial charge >= 0.3 is 0 Å². The number of piperidine rings is 1. The maximum Gasteiger partial charge on any atom is 0.272 e. The number of rotatable bonds is 3. The lowest BCUT2D eigenvalue weighted by molar-refractivity contribution is -0.385. The van der Waals surface area contributed by atoms with Crippen molar-refractivity contribution in [1.29, 1.82) is 0 Å². The molecule has 1 aromatic carbocycles. The van der Waals surface area contributed by atoms with Crippen molar-refractivity contribution in [2.45, 2.75) is 18.9 Å². The van der Waals surface area contributed by atoms with Crippen molar-refractivity contribution in [2.75, 3.05) is 20.1 Å². The Morgan fingerprint density at radius 3 is 2.67 bits per heavy atom. The van der Waals surface area contributed by atoms with Gasteiger partial charge in [-0.15, -0.1) is 0 Å². The maximum absolute atomic E-state index is 13.6. The van der Waals surface area contributed by atoms with Crippen molar-refractivity contribution >= 4 is 5.69 Å². The van der Waals surface area contributed by atoms with Crippen molar-refractivity contribution in [3.63, 3.8) is 0 Å². The fourth-order valence-corrected chi connectivity index (χ4v) is 1.98. The standard InChI is InChI=1S/C12H15FN2O3/c1-14-6-4-10(5-7-14)18-12-3-2-9(15(16)17)8-11(12)13/h2-3,8,10H,4-7H2,1H3. The predicted molar refractivity (Wildman–Crippen MR) is 64.2 cm³/mol. The van der Waals surface area contributed by atoms with Gasteiger partial charge in [0.2, 0.25) is 0 Å². The third-order valence-electron chi connectivity index (χ3n) is 3.09. The number of ether oxygens (including phenoxy) is 1. The highest BCUT2D eigenvalue weighted by Gasteiger charge is 2.20. The largest absolute Gasteiger partial charge is 0.487 e. The van der Waals surface area contributed by atoms with Gasteiger partial charge in [0.15, 0.2) is 11.6 Å². The van der Waals surface area contributed by atoms with Crippen LogP contribution < -0.4 is 4.74 Å². The van der Waals surface area contributed by atoms with Gasteiger partial charge in [-0.05, 0) is 26.0 Å². The maximum atomic E-state index is 13.6. The van der Waals surface area contributed by atoms with E-state index in [0.717, 1.165) is 32.0 Å². The molecule has 0 N–H and O–H groups in total. The molecule has 0 amide bonds. The van der Waals surface area contributed by atoms with E-state index in [-0.39, 0.29) is 17.5 Å². The molecule has 0 saturated carbocycles. The fraction of sp³-hybridized carbons (Fsp3) is 0.500. The molecular formula is C12H15FN2O3. The molecule has 1 aliphatic rings. The monoisotopic (exact) mass is 254 g/mol. The predicted octanol–water partition coefficient (Wildman–Crippen LogP) is 2.21. The molecular weight excluding hydrogens is 239 g/mol. The van der Waals surface area contributed by atoms with Crippen LogP contribution in [-0.4, -0.2) is 36.1 Å². The molecule has 1 heterocycles.